The average Bonchev–Trinajstić information content (AvgIpc) is 2.77. The van der Waals surface area contributed by atoms with E-state index in [0.717, 1.165) is 29.4 Å². The van der Waals surface area contributed by atoms with Gasteiger partial charge in [-0.3, -0.25) is 10.0 Å². The molecular weight excluding hydrogens is 408 g/mol. The minimum absolute atomic E-state index is 0.285. The smallest absolute Gasteiger partial charge is 0.243 e. The third-order valence-electron chi connectivity index (χ3n) is 4.46. The molecule has 0 saturated carbocycles. The van der Waals surface area contributed by atoms with Crippen LogP contribution in [0.2, 0.25) is 5.02 Å². The van der Waals surface area contributed by atoms with Gasteiger partial charge in [0, 0.05) is 28.6 Å². The largest absolute Gasteiger partial charge is 0.493 e. The number of carbonyl (C=O) groups excluding carboxylic acids is 1. The van der Waals surface area contributed by atoms with Crippen molar-refractivity contribution < 1.29 is 19.5 Å². The van der Waals surface area contributed by atoms with E-state index in [-0.39, 0.29) is 12.3 Å². The number of hydroxylamine groups is 1. The first-order valence-electron chi connectivity index (χ1n) is 9.52. The molecule has 158 valence electrons. The van der Waals surface area contributed by atoms with E-state index < -0.39 is 0 Å². The highest BCUT2D eigenvalue weighted by Crippen LogP contribution is 2.35. The Hall–Kier alpha value is -3.10. The fourth-order valence-corrected chi connectivity index (χ4v) is 3.03. The van der Waals surface area contributed by atoms with Gasteiger partial charge in [0.1, 0.15) is 12.1 Å². The van der Waals surface area contributed by atoms with Gasteiger partial charge in [-0.05, 0) is 49.6 Å². The Balaban J connectivity index is 1.72. The highest BCUT2D eigenvalue weighted by atomic mass is 35.5. The number of ether oxygens (including phenoxy) is 2. The molecule has 0 aliphatic rings. The molecular formula is C21H23ClN4O4. The zero-order valence-corrected chi connectivity index (χ0v) is 17.3. The van der Waals surface area contributed by atoms with E-state index in [9.17, 15) is 4.79 Å². The predicted octanol–water partition coefficient (Wildman–Crippen LogP) is 4.48. The molecule has 3 rings (SSSR count). The average molecular weight is 431 g/mol. The van der Waals surface area contributed by atoms with Gasteiger partial charge in [-0.25, -0.2) is 15.4 Å². The van der Waals surface area contributed by atoms with Crippen molar-refractivity contribution in [3.05, 3.63) is 47.7 Å². The number of aromatic nitrogens is 2. The molecule has 0 fully saturated rings. The van der Waals surface area contributed by atoms with Crippen LogP contribution in [0.1, 0.15) is 25.7 Å². The molecule has 0 bridgehead atoms. The number of unbranched alkanes of at least 4 members (excludes halogenated alkanes) is 2. The second-order valence-corrected chi connectivity index (χ2v) is 7.00. The Morgan fingerprint density at radius 1 is 1.10 bits per heavy atom. The quantitative estimate of drug-likeness (QED) is 0.247. The summed E-state index contributed by atoms with van der Waals surface area (Å²) in [4.78, 5) is 19.7. The van der Waals surface area contributed by atoms with E-state index in [2.05, 4.69) is 15.3 Å². The Bertz CT molecular complexity index is 998. The van der Waals surface area contributed by atoms with Crippen molar-refractivity contribution >= 4 is 39.9 Å². The van der Waals surface area contributed by atoms with Crippen molar-refractivity contribution in [2.24, 2.45) is 0 Å². The Morgan fingerprint density at radius 2 is 1.90 bits per heavy atom. The van der Waals surface area contributed by atoms with Crippen LogP contribution in [0.5, 0.6) is 11.5 Å². The summed E-state index contributed by atoms with van der Waals surface area (Å²) < 4.78 is 11.4. The molecule has 2 aromatic carbocycles. The second-order valence-electron chi connectivity index (χ2n) is 6.57. The van der Waals surface area contributed by atoms with Crippen LogP contribution in [-0.2, 0) is 4.79 Å². The number of amides is 1. The molecule has 1 amide bonds. The van der Waals surface area contributed by atoms with Crippen LogP contribution in [0, 0.1) is 0 Å². The minimum Gasteiger partial charge on any atom is -0.493 e. The summed E-state index contributed by atoms with van der Waals surface area (Å²) in [6.07, 6.45) is 4.01. The normalized spacial score (nSPS) is 10.6. The number of methoxy groups -OCH3 is 1. The van der Waals surface area contributed by atoms with Crippen LogP contribution in [0.3, 0.4) is 0 Å². The number of hydrogen-bond acceptors (Lipinski definition) is 7. The summed E-state index contributed by atoms with van der Waals surface area (Å²) in [7, 11) is 1.58. The number of anilines is 2. The van der Waals surface area contributed by atoms with Crippen LogP contribution in [-0.4, -0.2) is 34.8 Å². The number of fused-ring (bicyclic) bond motifs is 1. The van der Waals surface area contributed by atoms with Gasteiger partial charge in [0.05, 0.1) is 19.2 Å². The SMILES string of the molecule is COc1cc2ncnc(Nc3ccc(Cl)cc3)c2cc1OCCCCCC(=O)NO. The third kappa shape index (κ3) is 5.71. The van der Waals surface area contributed by atoms with Gasteiger partial charge in [-0.1, -0.05) is 11.6 Å². The molecule has 0 atom stereocenters. The fourth-order valence-electron chi connectivity index (χ4n) is 2.91. The first-order chi connectivity index (χ1) is 14.6. The Labute approximate surface area is 179 Å². The maximum Gasteiger partial charge on any atom is 0.243 e. The molecule has 9 heteroatoms. The van der Waals surface area contributed by atoms with Gasteiger partial charge < -0.3 is 14.8 Å². The molecule has 0 saturated heterocycles. The van der Waals surface area contributed by atoms with Crippen molar-refractivity contribution in [1.82, 2.24) is 15.4 Å². The summed E-state index contributed by atoms with van der Waals surface area (Å²) in [5.41, 5.74) is 3.20. The zero-order valence-electron chi connectivity index (χ0n) is 16.5. The zero-order chi connectivity index (χ0) is 21.3. The van der Waals surface area contributed by atoms with Gasteiger partial charge in [-0.15, -0.1) is 0 Å². The minimum atomic E-state index is -0.382. The van der Waals surface area contributed by atoms with Crippen LogP contribution >= 0.6 is 11.6 Å². The van der Waals surface area contributed by atoms with Crippen LogP contribution in [0.25, 0.3) is 10.9 Å². The molecule has 0 aliphatic heterocycles. The second kappa shape index (κ2) is 10.6. The standard InChI is InChI=1S/C21H23ClN4O4/c1-29-18-12-17-16(11-19(18)30-10-4-2-3-5-20(27)26-28)21(24-13-23-17)25-15-8-6-14(22)7-9-15/h6-9,11-13,28H,2-5,10H2,1H3,(H,26,27)(H,23,24,25). The lowest BCUT2D eigenvalue weighted by Crippen LogP contribution is -2.17. The highest BCUT2D eigenvalue weighted by Gasteiger charge is 2.12. The number of rotatable bonds is 10. The molecule has 0 aliphatic carbocycles. The molecule has 3 N–H and O–H groups in total. The maximum atomic E-state index is 11.0. The molecule has 0 spiro atoms. The first kappa shape index (κ1) is 21.6. The van der Waals surface area contributed by atoms with Crippen molar-refractivity contribution in [2.75, 3.05) is 19.0 Å². The monoisotopic (exact) mass is 430 g/mol. The third-order valence-corrected chi connectivity index (χ3v) is 4.71. The molecule has 8 nitrogen and oxygen atoms in total. The fraction of sp³-hybridized carbons (Fsp3) is 0.286. The molecule has 1 aromatic heterocycles. The van der Waals surface area contributed by atoms with Gasteiger partial charge in [-0.2, -0.15) is 0 Å². The number of hydrogen-bond donors (Lipinski definition) is 3. The van der Waals surface area contributed by atoms with E-state index >= 15 is 0 Å². The van der Waals surface area contributed by atoms with Crippen molar-refractivity contribution in [2.45, 2.75) is 25.7 Å². The van der Waals surface area contributed by atoms with Gasteiger partial charge in [0.15, 0.2) is 11.5 Å². The van der Waals surface area contributed by atoms with Crippen molar-refractivity contribution in [3.8, 4) is 11.5 Å². The lowest BCUT2D eigenvalue weighted by atomic mass is 10.2. The van der Waals surface area contributed by atoms with E-state index in [1.54, 1.807) is 24.7 Å². The summed E-state index contributed by atoms with van der Waals surface area (Å²) in [5.74, 6) is 1.43. The van der Waals surface area contributed by atoms with Gasteiger partial charge in [0.25, 0.3) is 0 Å². The number of nitrogens with zero attached hydrogens (tertiary/aromatic N) is 2. The van der Waals surface area contributed by atoms with Crippen LogP contribution in [0.4, 0.5) is 11.5 Å². The van der Waals surface area contributed by atoms with E-state index in [1.807, 2.05) is 24.3 Å². The Kier molecular flexibility index (Phi) is 7.64. The molecule has 0 unspecified atom stereocenters. The number of halogens is 1. The number of benzene rings is 2. The van der Waals surface area contributed by atoms with Crippen molar-refractivity contribution in [1.29, 1.82) is 0 Å². The van der Waals surface area contributed by atoms with Crippen LogP contribution in [0.15, 0.2) is 42.7 Å². The summed E-state index contributed by atoms with van der Waals surface area (Å²) in [6, 6.07) is 11.0. The molecule has 1 heterocycles. The molecule has 30 heavy (non-hydrogen) atoms. The maximum absolute atomic E-state index is 11.0. The van der Waals surface area contributed by atoms with E-state index in [4.69, 9.17) is 26.3 Å². The number of carbonyl (C=O) groups is 1. The predicted molar refractivity (Wildman–Crippen MR) is 115 cm³/mol. The highest BCUT2D eigenvalue weighted by molar-refractivity contribution is 6.30. The first-order valence-corrected chi connectivity index (χ1v) is 9.89. The van der Waals surface area contributed by atoms with E-state index in [0.29, 0.717) is 35.4 Å². The molecule has 3 aromatic rings. The Morgan fingerprint density at radius 3 is 2.63 bits per heavy atom. The lowest BCUT2D eigenvalue weighted by molar-refractivity contribution is -0.129. The van der Waals surface area contributed by atoms with Gasteiger partial charge in [0.2, 0.25) is 5.91 Å². The summed E-state index contributed by atoms with van der Waals surface area (Å²) in [5, 5.41) is 13.2. The molecule has 0 radical (unpaired) electrons. The van der Waals surface area contributed by atoms with Crippen molar-refractivity contribution in [3.63, 3.8) is 0 Å². The topological polar surface area (TPSA) is 106 Å². The number of nitrogens with one attached hydrogen (secondary N) is 2. The summed E-state index contributed by atoms with van der Waals surface area (Å²) >= 11 is 5.95. The van der Waals surface area contributed by atoms with E-state index in [1.165, 1.54) is 6.33 Å². The van der Waals surface area contributed by atoms with Gasteiger partial charge >= 0.3 is 0 Å². The van der Waals surface area contributed by atoms with Crippen LogP contribution < -0.4 is 20.3 Å². The summed E-state index contributed by atoms with van der Waals surface area (Å²) in [6.45, 7) is 0.468. The lowest BCUT2D eigenvalue weighted by Gasteiger charge is -2.14.